The molecule has 9 heteroatoms. The van der Waals surface area contributed by atoms with Crippen LogP contribution in [0.1, 0.15) is 24.6 Å². The summed E-state index contributed by atoms with van der Waals surface area (Å²) in [5.41, 5.74) is 1.33. The van der Waals surface area contributed by atoms with Gasteiger partial charge in [-0.3, -0.25) is 9.59 Å². The third-order valence-corrected chi connectivity index (χ3v) is 5.88. The summed E-state index contributed by atoms with van der Waals surface area (Å²) in [5, 5.41) is 11.0. The van der Waals surface area contributed by atoms with E-state index >= 15 is 0 Å². The molecule has 160 valence electrons. The van der Waals surface area contributed by atoms with Crippen LogP contribution in [0.3, 0.4) is 0 Å². The van der Waals surface area contributed by atoms with Crippen molar-refractivity contribution in [1.82, 2.24) is 14.8 Å². The number of thioether (sulfide) groups is 1. The first-order valence-electron chi connectivity index (χ1n) is 9.93. The van der Waals surface area contributed by atoms with Crippen molar-refractivity contribution >= 4 is 29.3 Å². The first-order chi connectivity index (χ1) is 15.1. The second-order valence-electron chi connectivity index (χ2n) is 6.91. The molecule has 1 aromatic heterocycles. The molecule has 1 atom stereocenters. The van der Waals surface area contributed by atoms with Gasteiger partial charge in [-0.25, -0.2) is 4.57 Å². The molecular weight excluding hydrogens is 416 g/mol. The van der Waals surface area contributed by atoms with Crippen LogP contribution in [0.5, 0.6) is 11.5 Å². The lowest BCUT2D eigenvalue weighted by molar-refractivity contribution is -0.115. The second-order valence-corrected chi connectivity index (χ2v) is 8.08. The van der Waals surface area contributed by atoms with E-state index in [0.717, 1.165) is 12.0 Å². The lowest BCUT2D eigenvalue weighted by atomic mass is 10.2. The molecule has 3 aromatic rings. The van der Waals surface area contributed by atoms with E-state index in [4.69, 9.17) is 9.47 Å². The van der Waals surface area contributed by atoms with Crippen molar-refractivity contribution in [3.63, 3.8) is 0 Å². The van der Waals surface area contributed by atoms with Crippen molar-refractivity contribution in [3.8, 4) is 22.9 Å². The Morgan fingerprint density at radius 2 is 1.97 bits per heavy atom. The van der Waals surface area contributed by atoms with E-state index in [1.54, 1.807) is 25.3 Å². The summed E-state index contributed by atoms with van der Waals surface area (Å²) in [6, 6.07) is 14.5. The average molecular weight is 439 g/mol. The van der Waals surface area contributed by atoms with Crippen LogP contribution >= 0.6 is 11.8 Å². The molecule has 1 N–H and O–H groups in total. The van der Waals surface area contributed by atoms with Gasteiger partial charge in [0.2, 0.25) is 11.8 Å². The summed E-state index contributed by atoms with van der Waals surface area (Å²) in [6.07, 6.45) is 0.907. The highest BCUT2D eigenvalue weighted by atomic mass is 32.2. The Labute approximate surface area is 184 Å². The Hall–Kier alpha value is -3.33. The largest absolute Gasteiger partial charge is 0.497 e. The van der Waals surface area contributed by atoms with Gasteiger partial charge in [0, 0.05) is 12.0 Å². The van der Waals surface area contributed by atoms with E-state index in [2.05, 4.69) is 15.5 Å². The fourth-order valence-electron chi connectivity index (χ4n) is 3.18. The zero-order valence-corrected chi connectivity index (χ0v) is 18.0. The minimum atomic E-state index is -0.604. The Bertz CT molecular complexity index is 1100. The summed E-state index contributed by atoms with van der Waals surface area (Å²) in [4.78, 5) is 25.8. The van der Waals surface area contributed by atoms with E-state index < -0.39 is 5.25 Å². The van der Waals surface area contributed by atoms with Crippen LogP contribution in [0.4, 0.5) is 5.69 Å². The van der Waals surface area contributed by atoms with E-state index in [0.29, 0.717) is 34.8 Å². The molecule has 0 unspecified atom stereocenters. The molecule has 1 aliphatic heterocycles. The first-order valence-corrected chi connectivity index (χ1v) is 10.8. The summed E-state index contributed by atoms with van der Waals surface area (Å²) >= 11 is 1.23. The number of carbonyl (C=O) groups is 2. The Kier molecular flexibility index (Phi) is 6.22. The number of aromatic nitrogens is 3. The minimum Gasteiger partial charge on any atom is -0.497 e. The number of hydrogen-bond acceptors (Lipinski definition) is 7. The molecule has 4 rings (SSSR count). The van der Waals surface area contributed by atoms with Crippen LogP contribution in [0.15, 0.2) is 53.7 Å². The summed E-state index contributed by atoms with van der Waals surface area (Å²) < 4.78 is 12.3. The van der Waals surface area contributed by atoms with E-state index in [1.807, 2.05) is 37.3 Å². The van der Waals surface area contributed by atoms with Gasteiger partial charge < -0.3 is 14.8 Å². The van der Waals surface area contributed by atoms with Gasteiger partial charge in [-0.2, -0.15) is 0 Å². The van der Waals surface area contributed by atoms with E-state index in [-0.39, 0.29) is 18.2 Å². The Balaban J connectivity index is 1.52. The number of rotatable bonds is 7. The number of nitrogens with one attached hydrogen (secondary N) is 1. The van der Waals surface area contributed by atoms with Crippen molar-refractivity contribution in [2.75, 3.05) is 19.0 Å². The predicted molar refractivity (Wildman–Crippen MR) is 118 cm³/mol. The maximum Gasteiger partial charge on any atom is 0.238 e. The quantitative estimate of drug-likeness (QED) is 0.598. The number of hydrogen-bond donors (Lipinski definition) is 1. The number of nitrogens with zero attached hydrogens (tertiary/aromatic N) is 3. The molecular formula is C22H22N4O4S. The Morgan fingerprint density at radius 3 is 2.71 bits per heavy atom. The zero-order chi connectivity index (χ0) is 21.8. The van der Waals surface area contributed by atoms with Crippen molar-refractivity contribution in [1.29, 1.82) is 0 Å². The van der Waals surface area contributed by atoms with Gasteiger partial charge in [-0.15, -0.1) is 10.2 Å². The van der Waals surface area contributed by atoms with Crippen molar-refractivity contribution < 1.29 is 19.1 Å². The summed E-state index contributed by atoms with van der Waals surface area (Å²) in [7, 11) is 1.59. The van der Waals surface area contributed by atoms with Crippen LogP contribution in [0.2, 0.25) is 0 Å². The van der Waals surface area contributed by atoms with E-state index in [9.17, 15) is 9.59 Å². The smallest absolute Gasteiger partial charge is 0.238 e. The molecule has 0 saturated carbocycles. The van der Waals surface area contributed by atoms with Gasteiger partial charge in [-0.1, -0.05) is 30.8 Å². The third-order valence-electron chi connectivity index (χ3n) is 4.74. The van der Waals surface area contributed by atoms with E-state index in [1.165, 1.54) is 16.3 Å². The number of amides is 1. The predicted octanol–water partition coefficient (Wildman–Crippen LogP) is 3.89. The molecule has 0 aliphatic carbocycles. The lowest BCUT2D eigenvalue weighted by Gasteiger charge is -2.21. The standard InChI is InChI=1S/C22H22N4O4S/c1-3-12-30-17-7-5-4-6-16(17)23-21(28)18-13-19(27)26-20(24-25-22(26)31-18)14-8-10-15(29-2)11-9-14/h4-11,18H,3,12-13H2,1-2H3,(H,23,28)/t18-/m0/s1. The van der Waals surface area contributed by atoms with Gasteiger partial charge >= 0.3 is 0 Å². The highest BCUT2D eigenvalue weighted by Gasteiger charge is 2.34. The van der Waals surface area contributed by atoms with Crippen molar-refractivity contribution in [3.05, 3.63) is 48.5 Å². The zero-order valence-electron chi connectivity index (χ0n) is 17.2. The number of para-hydroxylation sites is 2. The van der Waals surface area contributed by atoms with Crippen LogP contribution < -0.4 is 14.8 Å². The molecule has 8 nitrogen and oxygen atoms in total. The van der Waals surface area contributed by atoms with Gasteiger partial charge in [0.15, 0.2) is 11.0 Å². The normalized spacial score (nSPS) is 15.3. The van der Waals surface area contributed by atoms with Crippen LogP contribution in [-0.2, 0) is 4.79 Å². The average Bonchev–Trinajstić information content (AvgIpc) is 3.23. The van der Waals surface area contributed by atoms with Gasteiger partial charge in [0.1, 0.15) is 16.7 Å². The molecule has 0 spiro atoms. The van der Waals surface area contributed by atoms with Crippen LogP contribution in [0, 0.1) is 0 Å². The molecule has 31 heavy (non-hydrogen) atoms. The molecule has 0 saturated heterocycles. The number of carbonyl (C=O) groups excluding carboxylic acids is 2. The molecule has 0 bridgehead atoms. The van der Waals surface area contributed by atoms with Crippen LogP contribution in [-0.4, -0.2) is 45.5 Å². The van der Waals surface area contributed by atoms with Gasteiger partial charge in [0.05, 0.1) is 19.4 Å². The number of fused-ring (bicyclic) bond motifs is 1. The molecule has 0 fully saturated rings. The maximum absolute atomic E-state index is 12.9. The molecule has 2 heterocycles. The highest BCUT2D eigenvalue weighted by molar-refractivity contribution is 8.00. The topological polar surface area (TPSA) is 95.3 Å². The molecule has 1 aliphatic rings. The number of benzene rings is 2. The minimum absolute atomic E-state index is 0.0443. The Morgan fingerprint density at radius 1 is 1.19 bits per heavy atom. The van der Waals surface area contributed by atoms with Crippen LogP contribution in [0.25, 0.3) is 11.4 Å². The molecule has 1 amide bonds. The van der Waals surface area contributed by atoms with Gasteiger partial charge in [-0.05, 0) is 42.8 Å². The summed E-state index contributed by atoms with van der Waals surface area (Å²) in [5.74, 6) is 1.27. The lowest BCUT2D eigenvalue weighted by Crippen LogP contribution is -2.33. The first kappa shape index (κ1) is 20.9. The fourth-order valence-corrected chi connectivity index (χ4v) is 4.21. The van der Waals surface area contributed by atoms with Gasteiger partial charge in [0.25, 0.3) is 0 Å². The molecule has 0 radical (unpaired) electrons. The second kappa shape index (κ2) is 9.22. The number of ether oxygens (including phenoxy) is 2. The fraction of sp³-hybridized carbons (Fsp3) is 0.273. The SMILES string of the molecule is CCCOc1ccccc1NC(=O)[C@@H]1CC(=O)n2c(nnc2-c2ccc(OC)cc2)S1. The van der Waals surface area contributed by atoms with Crippen molar-refractivity contribution in [2.45, 2.75) is 30.2 Å². The van der Waals surface area contributed by atoms with Crippen molar-refractivity contribution in [2.24, 2.45) is 0 Å². The number of methoxy groups -OCH3 is 1. The summed E-state index contributed by atoms with van der Waals surface area (Å²) in [6.45, 7) is 2.57. The third kappa shape index (κ3) is 4.41. The molecule has 2 aromatic carbocycles. The number of anilines is 1. The monoisotopic (exact) mass is 438 g/mol. The highest BCUT2D eigenvalue weighted by Crippen LogP contribution is 2.35. The maximum atomic E-state index is 12.9.